The maximum absolute atomic E-state index is 4.45. The summed E-state index contributed by atoms with van der Waals surface area (Å²) in [6, 6.07) is 1.85. The molecule has 1 aliphatic carbocycles. The average molecular weight is 287 g/mol. The van der Waals surface area contributed by atoms with Gasteiger partial charge in [0.25, 0.3) is 5.95 Å². The third-order valence-corrected chi connectivity index (χ3v) is 3.69. The fourth-order valence-electron chi connectivity index (χ4n) is 2.62. The number of nitrogens with one attached hydrogen (secondary N) is 2. The van der Waals surface area contributed by atoms with Crippen molar-refractivity contribution >= 4 is 11.9 Å². The molecule has 0 spiro atoms. The van der Waals surface area contributed by atoms with Gasteiger partial charge in [-0.25, -0.2) is 4.68 Å². The molecule has 7 heteroatoms. The van der Waals surface area contributed by atoms with Crippen LogP contribution in [0.1, 0.15) is 32.6 Å². The van der Waals surface area contributed by atoms with Crippen molar-refractivity contribution in [3.63, 3.8) is 0 Å². The maximum atomic E-state index is 4.45. The molecule has 2 aromatic rings. The van der Waals surface area contributed by atoms with Gasteiger partial charge in [-0.1, -0.05) is 12.8 Å². The van der Waals surface area contributed by atoms with Gasteiger partial charge in [-0.3, -0.25) is 0 Å². The Balaban J connectivity index is 1.77. The number of rotatable bonds is 6. The molecule has 1 fully saturated rings. The van der Waals surface area contributed by atoms with Gasteiger partial charge in [0.05, 0.1) is 0 Å². The Morgan fingerprint density at radius 3 is 2.57 bits per heavy atom. The molecule has 2 heterocycles. The standard InChI is InChI=1S/C14H21N7/c1-2-15-12-18-13(16-10-11-6-3-4-7-11)20-14(19-12)21-9-5-8-17-21/h5,8-9,11H,2-4,6-7,10H2,1H3,(H2,15,16,18,19,20). The summed E-state index contributed by atoms with van der Waals surface area (Å²) in [6.07, 6.45) is 8.80. The Morgan fingerprint density at radius 1 is 1.14 bits per heavy atom. The first kappa shape index (κ1) is 13.8. The Bertz CT molecular complexity index is 561. The smallest absolute Gasteiger partial charge is 0.257 e. The Kier molecular flexibility index (Phi) is 4.28. The summed E-state index contributed by atoms with van der Waals surface area (Å²) in [5.41, 5.74) is 0. The highest BCUT2D eigenvalue weighted by Gasteiger charge is 2.15. The molecular formula is C14H21N7. The van der Waals surface area contributed by atoms with Crippen molar-refractivity contribution in [2.24, 2.45) is 5.92 Å². The quantitative estimate of drug-likeness (QED) is 0.847. The van der Waals surface area contributed by atoms with Gasteiger partial charge in [0, 0.05) is 25.5 Å². The van der Waals surface area contributed by atoms with E-state index < -0.39 is 0 Å². The van der Waals surface area contributed by atoms with E-state index in [0.29, 0.717) is 17.8 Å². The van der Waals surface area contributed by atoms with E-state index in [-0.39, 0.29) is 0 Å². The summed E-state index contributed by atoms with van der Waals surface area (Å²) >= 11 is 0. The molecule has 0 unspecified atom stereocenters. The first-order valence-electron chi connectivity index (χ1n) is 7.59. The minimum Gasteiger partial charge on any atom is -0.354 e. The third kappa shape index (κ3) is 3.48. The Morgan fingerprint density at radius 2 is 1.90 bits per heavy atom. The van der Waals surface area contributed by atoms with Crippen LogP contribution in [0.5, 0.6) is 0 Å². The second-order valence-electron chi connectivity index (χ2n) is 5.29. The summed E-state index contributed by atoms with van der Waals surface area (Å²) in [5.74, 6) is 2.45. The lowest BCUT2D eigenvalue weighted by atomic mass is 10.1. The molecule has 1 saturated carbocycles. The largest absolute Gasteiger partial charge is 0.354 e. The molecule has 0 amide bonds. The van der Waals surface area contributed by atoms with E-state index in [0.717, 1.165) is 19.0 Å². The van der Waals surface area contributed by atoms with Crippen LogP contribution in [0.2, 0.25) is 0 Å². The van der Waals surface area contributed by atoms with Crippen molar-refractivity contribution in [1.29, 1.82) is 0 Å². The van der Waals surface area contributed by atoms with E-state index in [1.54, 1.807) is 10.9 Å². The van der Waals surface area contributed by atoms with E-state index >= 15 is 0 Å². The molecule has 3 rings (SSSR count). The Hall–Kier alpha value is -2.18. The van der Waals surface area contributed by atoms with Gasteiger partial charge < -0.3 is 10.6 Å². The fraction of sp³-hybridized carbons (Fsp3) is 0.571. The van der Waals surface area contributed by atoms with Crippen LogP contribution < -0.4 is 10.6 Å². The van der Waals surface area contributed by atoms with Crippen LogP contribution in [-0.2, 0) is 0 Å². The van der Waals surface area contributed by atoms with Crippen LogP contribution in [-0.4, -0.2) is 37.8 Å². The predicted octanol–water partition coefficient (Wildman–Crippen LogP) is 2.09. The lowest BCUT2D eigenvalue weighted by molar-refractivity contribution is 0.577. The minimum absolute atomic E-state index is 0.528. The zero-order valence-electron chi connectivity index (χ0n) is 12.3. The molecule has 0 aromatic carbocycles. The van der Waals surface area contributed by atoms with Gasteiger partial charge in [0.2, 0.25) is 11.9 Å². The van der Waals surface area contributed by atoms with Gasteiger partial charge in [-0.15, -0.1) is 0 Å². The molecule has 0 radical (unpaired) electrons. The van der Waals surface area contributed by atoms with Crippen LogP contribution in [0.15, 0.2) is 18.5 Å². The lowest BCUT2D eigenvalue weighted by Crippen LogP contribution is -2.16. The monoisotopic (exact) mass is 287 g/mol. The first-order chi connectivity index (χ1) is 10.3. The molecule has 112 valence electrons. The number of aromatic nitrogens is 5. The van der Waals surface area contributed by atoms with E-state index in [4.69, 9.17) is 0 Å². The van der Waals surface area contributed by atoms with Crippen molar-refractivity contribution in [2.45, 2.75) is 32.6 Å². The normalized spacial score (nSPS) is 15.3. The highest BCUT2D eigenvalue weighted by molar-refractivity contribution is 5.37. The van der Waals surface area contributed by atoms with Crippen LogP contribution >= 0.6 is 0 Å². The van der Waals surface area contributed by atoms with Crippen LogP contribution in [0, 0.1) is 5.92 Å². The van der Waals surface area contributed by atoms with E-state index in [9.17, 15) is 0 Å². The summed E-state index contributed by atoms with van der Waals surface area (Å²) in [7, 11) is 0. The number of anilines is 2. The maximum Gasteiger partial charge on any atom is 0.257 e. The van der Waals surface area contributed by atoms with Gasteiger partial charge >= 0.3 is 0 Å². The van der Waals surface area contributed by atoms with Gasteiger partial charge in [0.1, 0.15) is 0 Å². The van der Waals surface area contributed by atoms with Gasteiger partial charge in [-0.2, -0.15) is 20.1 Å². The van der Waals surface area contributed by atoms with Crippen molar-refractivity contribution in [1.82, 2.24) is 24.7 Å². The highest BCUT2D eigenvalue weighted by atomic mass is 15.4. The zero-order valence-corrected chi connectivity index (χ0v) is 12.3. The SMILES string of the molecule is CCNc1nc(NCC2CCCC2)nc(-n2cccn2)n1. The molecule has 0 saturated heterocycles. The molecule has 0 bridgehead atoms. The second-order valence-corrected chi connectivity index (χ2v) is 5.29. The topological polar surface area (TPSA) is 80.5 Å². The van der Waals surface area contributed by atoms with E-state index in [1.807, 2.05) is 19.2 Å². The minimum atomic E-state index is 0.528. The summed E-state index contributed by atoms with van der Waals surface area (Å²) in [5, 5.41) is 10.7. The first-order valence-corrected chi connectivity index (χ1v) is 7.59. The van der Waals surface area contributed by atoms with Crippen LogP contribution in [0.25, 0.3) is 5.95 Å². The average Bonchev–Trinajstić information content (AvgIpc) is 3.19. The molecule has 1 aliphatic rings. The van der Waals surface area contributed by atoms with Crippen molar-refractivity contribution in [2.75, 3.05) is 23.7 Å². The summed E-state index contributed by atoms with van der Waals surface area (Å²) in [6.45, 7) is 3.71. The predicted molar refractivity (Wildman–Crippen MR) is 81.6 cm³/mol. The molecular weight excluding hydrogens is 266 g/mol. The van der Waals surface area contributed by atoms with Crippen molar-refractivity contribution < 1.29 is 0 Å². The summed E-state index contributed by atoms with van der Waals surface area (Å²) < 4.78 is 1.64. The molecule has 7 nitrogen and oxygen atoms in total. The van der Waals surface area contributed by atoms with Crippen LogP contribution in [0.3, 0.4) is 0 Å². The number of hydrogen-bond acceptors (Lipinski definition) is 6. The second kappa shape index (κ2) is 6.51. The van der Waals surface area contributed by atoms with Gasteiger partial charge in [0.15, 0.2) is 0 Å². The number of nitrogens with zero attached hydrogens (tertiary/aromatic N) is 5. The van der Waals surface area contributed by atoms with Crippen molar-refractivity contribution in [3.8, 4) is 5.95 Å². The third-order valence-electron chi connectivity index (χ3n) is 3.69. The zero-order chi connectivity index (χ0) is 14.5. The van der Waals surface area contributed by atoms with Gasteiger partial charge in [-0.05, 0) is 31.7 Å². The fourth-order valence-corrected chi connectivity index (χ4v) is 2.62. The van der Waals surface area contributed by atoms with E-state index in [1.165, 1.54) is 25.7 Å². The highest BCUT2D eigenvalue weighted by Crippen LogP contribution is 2.24. The Labute approximate surface area is 124 Å². The number of hydrogen-bond donors (Lipinski definition) is 2. The summed E-state index contributed by atoms with van der Waals surface area (Å²) in [4.78, 5) is 13.2. The van der Waals surface area contributed by atoms with Crippen molar-refractivity contribution in [3.05, 3.63) is 18.5 Å². The van der Waals surface area contributed by atoms with E-state index in [2.05, 4.69) is 30.7 Å². The molecule has 2 aromatic heterocycles. The molecule has 2 N–H and O–H groups in total. The lowest BCUT2D eigenvalue weighted by Gasteiger charge is -2.12. The van der Waals surface area contributed by atoms with Crippen LogP contribution in [0.4, 0.5) is 11.9 Å². The molecule has 21 heavy (non-hydrogen) atoms. The molecule has 0 aliphatic heterocycles. The molecule has 0 atom stereocenters.